The van der Waals surface area contributed by atoms with Crippen molar-refractivity contribution in [3.8, 4) is 0 Å². The minimum absolute atomic E-state index is 0.000507. The fourth-order valence-electron chi connectivity index (χ4n) is 2.10. The standard InChI is InChI=1S/C14H18BrNO/c1-2-11-4-6-12(7-5-11)13(17)16-14(10-15)8-3-9-14/h4-7H,2-3,8-10H2,1H3,(H,16,17). The number of benzene rings is 1. The third kappa shape index (κ3) is 2.71. The van der Waals surface area contributed by atoms with E-state index in [9.17, 15) is 4.79 Å². The molecule has 1 aromatic rings. The summed E-state index contributed by atoms with van der Waals surface area (Å²) in [5, 5.41) is 3.99. The number of hydrogen-bond donors (Lipinski definition) is 1. The third-order valence-electron chi connectivity index (χ3n) is 3.57. The van der Waals surface area contributed by atoms with Gasteiger partial charge in [-0.3, -0.25) is 4.79 Å². The van der Waals surface area contributed by atoms with Crippen LogP contribution in [-0.2, 0) is 6.42 Å². The summed E-state index contributed by atoms with van der Waals surface area (Å²) in [7, 11) is 0. The quantitative estimate of drug-likeness (QED) is 0.849. The van der Waals surface area contributed by atoms with Crippen molar-refractivity contribution in [2.24, 2.45) is 0 Å². The van der Waals surface area contributed by atoms with E-state index < -0.39 is 0 Å². The Hall–Kier alpha value is -0.830. The summed E-state index contributed by atoms with van der Waals surface area (Å²) in [6.45, 7) is 2.11. The molecule has 1 amide bonds. The summed E-state index contributed by atoms with van der Waals surface area (Å²) in [5.41, 5.74) is 2.02. The number of carbonyl (C=O) groups excluding carboxylic acids is 1. The molecule has 0 bridgehead atoms. The average molecular weight is 296 g/mol. The highest BCUT2D eigenvalue weighted by molar-refractivity contribution is 9.09. The zero-order chi connectivity index (χ0) is 12.3. The van der Waals surface area contributed by atoms with Crippen molar-refractivity contribution in [1.82, 2.24) is 5.32 Å². The average Bonchev–Trinajstić information content (AvgIpc) is 2.33. The van der Waals surface area contributed by atoms with Gasteiger partial charge >= 0.3 is 0 Å². The van der Waals surface area contributed by atoms with Crippen LogP contribution in [-0.4, -0.2) is 16.8 Å². The molecule has 1 saturated carbocycles. The molecular weight excluding hydrogens is 278 g/mol. The highest BCUT2D eigenvalue weighted by Gasteiger charge is 2.37. The van der Waals surface area contributed by atoms with Gasteiger partial charge in [-0.15, -0.1) is 0 Å². The van der Waals surface area contributed by atoms with Crippen LogP contribution in [0.4, 0.5) is 0 Å². The number of halogens is 1. The second kappa shape index (κ2) is 5.21. The molecule has 0 atom stereocenters. The van der Waals surface area contributed by atoms with E-state index in [2.05, 4.69) is 28.2 Å². The number of nitrogens with one attached hydrogen (secondary N) is 1. The van der Waals surface area contributed by atoms with Gasteiger partial charge in [0.05, 0.1) is 5.54 Å². The first kappa shape index (κ1) is 12.6. The number of alkyl halides is 1. The largest absolute Gasteiger partial charge is 0.346 e. The minimum Gasteiger partial charge on any atom is -0.346 e. The zero-order valence-electron chi connectivity index (χ0n) is 10.1. The van der Waals surface area contributed by atoms with Crippen molar-refractivity contribution < 1.29 is 4.79 Å². The maximum absolute atomic E-state index is 12.1. The molecule has 0 spiro atoms. The van der Waals surface area contributed by atoms with Crippen LogP contribution in [0, 0.1) is 0 Å². The van der Waals surface area contributed by atoms with Crippen LogP contribution in [0.1, 0.15) is 42.1 Å². The molecule has 17 heavy (non-hydrogen) atoms. The Morgan fingerprint density at radius 3 is 2.41 bits per heavy atom. The molecule has 3 heteroatoms. The van der Waals surface area contributed by atoms with E-state index in [1.54, 1.807) is 0 Å². The molecule has 2 nitrogen and oxygen atoms in total. The molecule has 1 aromatic carbocycles. The van der Waals surface area contributed by atoms with E-state index in [1.807, 2.05) is 24.3 Å². The molecule has 0 saturated heterocycles. The lowest BCUT2D eigenvalue weighted by Gasteiger charge is -2.41. The number of rotatable bonds is 4. The second-order valence-electron chi connectivity index (χ2n) is 4.77. The van der Waals surface area contributed by atoms with Crippen molar-refractivity contribution in [2.75, 3.05) is 5.33 Å². The van der Waals surface area contributed by atoms with E-state index in [-0.39, 0.29) is 11.4 Å². The van der Waals surface area contributed by atoms with Gasteiger partial charge < -0.3 is 5.32 Å². The molecular formula is C14H18BrNO. The lowest BCUT2D eigenvalue weighted by molar-refractivity contribution is 0.0856. The van der Waals surface area contributed by atoms with E-state index in [0.29, 0.717) is 0 Å². The van der Waals surface area contributed by atoms with Crippen LogP contribution >= 0.6 is 15.9 Å². The number of carbonyl (C=O) groups is 1. The Morgan fingerprint density at radius 1 is 1.35 bits per heavy atom. The first-order valence-corrected chi connectivity index (χ1v) is 7.29. The lowest BCUT2D eigenvalue weighted by Crippen LogP contribution is -2.54. The Morgan fingerprint density at radius 2 is 2.00 bits per heavy atom. The van der Waals surface area contributed by atoms with Crippen LogP contribution in [0.2, 0.25) is 0 Å². The molecule has 0 aliphatic heterocycles. The molecule has 1 fully saturated rings. The summed E-state index contributed by atoms with van der Waals surface area (Å²) in [4.78, 5) is 12.1. The van der Waals surface area contributed by atoms with Crippen molar-refractivity contribution >= 4 is 21.8 Å². The van der Waals surface area contributed by atoms with Crippen LogP contribution < -0.4 is 5.32 Å². The van der Waals surface area contributed by atoms with E-state index in [4.69, 9.17) is 0 Å². The SMILES string of the molecule is CCc1ccc(C(=O)NC2(CBr)CCC2)cc1. The van der Waals surface area contributed by atoms with Gasteiger partial charge in [-0.1, -0.05) is 35.0 Å². The Bertz CT molecular complexity index is 390. The van der Waals surface area contributed by atoms with Crippen LogP contribution in [0.3, 0.4) is 0 Å². The summed E-state index contributed by atoms with van der Waals surface area (Å²) < 4.78 is 0. The second-order valence-corrected chi connectivity index (χ2v) is 5.33. The van der Waals surface area contributed by atoms with Gasteiger partial charge in [0.1, 0.15) is 0 Å². The fraction of sp³-hybridized carbons (Fsp3) is 0.500. The first-order valence-electron chi connectivity index (χ1n) is 6.16. The maximum Gasteiger partial charge on any atom is 0.251 e. The zero-order valence-corrected chi connectivity index (χ0v) is 11.7. The smallest absolute Gasteiger partial charge is 0.251 e. The molecule has 1 N–H and O–H groups in total. The van der Waals surface area contributed by atoms with Gasteiger partial charge in [-0.2, -0.15) is 0 Å². The maximum atomic E-state index is 12.1. The van der Waals surface area contributed by atoms with E-state index >= 15 is 0 Å². The Labute approximate surface area is 111 Å². The van der Waals surface area contributed by atoms with Crippen LogP contribution in [0.15, 0.2) is 24.3 Å². The van der Waals surface area contributed by atoms with Gasteiger partial charge in [-0.25, -0.2) is 0 Å². The molecule has 0 heterocycles. The number of amides is 1. The predicted octanol–water partition coefficient (Wildman–Crippen LogP) is 3.30. The highest BCUT2D eigenvalue weighted by Crippen LogP contribution is 2.33. The Balaban J connectivity index is 2.03. The van der Waals surface area contributed by atoms with Crippen LogP contribution in [0.5, 0.6) is 0 Å². The minimum atomic E-state index is 0.000507. The van der Waals surface area contributed by atoms with Gasteiger partial charge in [-0.05, 0) is 43.4 Å². The molecule has 0 unspecified atom stereocenters. The summed E-state index contributed by atoms with van der Waals surface area (Å²) in [6, 6.07) is 7.87. The molecule has 1 aliphatic carbocycles. The van der Waals surface area contributed by atoms with Gasteiger partial charge in [0, 0.05) is 10.9 Å². The lowest BCUT2D eigenvalue weighted by atomic mass is 9.78. The molecule has 92 valence electrons. The summed E-state index contributed by atoms with van der Waals surface area (Å²) in [6.07, 6.45) is 4.38. The molecule has 0 radical (unpaired) electrons. The summed E-state index contributed by atoms with van der Waals surface area (Å²) in [5.74, 6) is 0.0480. The van der Waals surface area contributed by atoms with Gasteiger partial charge in [0.25, 0.3) is 5.91 Å². The number of hydrogen-bond acceptors (Lipinski definition) is 1. The van der Waals surface area contributed by atoms with Gasteiger partial charge in [0.15, 0.2) is 0 Å². The van der Waals surface area contributed by atoms with E-state index in [1.165, 1.54) is 12.0 Å². The summed E-state index contributed by atoms with van der Waals surface area (Å²) >= 11 is 3.49. The molecule has 0 aromatic heterocycles. The fourth-order valence-corrected chi connectivity index (χ4v) is 2.80. The highest BCUT2D eigenvalue weighted by atomic mass is 79.9. The van der Waals surface area contributed by atoms with Crippen molar-refractivity contribution in [3.63, 3.8) is 0 Å². The first-order chi connectivity index (χ1) is 8.19. The van der Waals surface area contributed by atoms with E-state index in [0.717, 1.165) is 30.2 Å². The molecule has 2 rings (SSSR count). The predicted molar refractivity (Wildman–Crippen MR) is 73.7 cm³/mol. The molecule has 1 aliphatic rings. The van der Waals surface area contributed by atoms with Crippen molar-refractivity contribution in [3.05, 3.63) is 35.4 Å². The van der Waals surface area contributed by atoms with Gasteiger partial charge in [0.2, 0.25) is 0 Å². The topological polar surface area (TPSA) is 29.1 Å². The van der Waals surface area contributed by atoms with Crippen LogP contribution in [0.25, 0.3) is 0 Å². The normalized spacial score (nSPS) is 17.3. The number of aryl methyl sites for hydroxylation is 1. The monoisotopic (exact) mass is 295 g/mol. The van der Waals surface area contributed by atoms with Crippen molar-refractivity contribution in [1.29, 1.82) is 0 Å². The van der Waals surface area contributed by atoms with Crippen molar-refractivity contribution in [2.45, 2.75) is 38.1 Å². The third-order valence-corrected chi connectivity index (χ3v) is 4.64. The Kier molecular flexibility index (Phi) is 3.87.